The van der Waals surface area contributed by atoms with Gasteiger partial charge in [-0.25, -0.2) is 20.0 Å². The van der Waals surface area contributed by atoms with E-state index in [0.717, 1.165) is 31.2 Å². The summed E-state index contributed by atoms with van der Waals surface area (Å²) in [7, 11) is 0. The van der Waals surface area contributed by atoms with Crippen molar-refractivity contribution in [3.63, 3.8) is 0 Å². The number of carbonyl (C=O) groups excluding carboxylic acids is 2. The second-order valence-corrected chi connectivity index (χ2v) is 16.0. The highest BCUT2D eigenvalue weighted by Gasteiger charge is 2.20. The minimum atomic E-state index is -0.183. The summed E-state index contributed by atoms with van der Waals surface area (Å²) in [5.41, 5.74) is 2.01. The Morgan fingerprint density at radius 1 is 0.516 bits per heavy atom. The molecule has 0 saturated heterocycles. The van der Waals surface area contributed by atoms with Gasteiger partial charge >= 0.3 is 0 Å². The number of hydrogen-bond donors (Lipinski definition) is 2. The molecular weight excluding hydrogens is 773 g/mol. The minimum Gasteiger partial charge on any atom is -0.354 e. The van der Waals surface area contributed by atoms with Crippen LogP contribution in [0.4, 0.5) is 11.6 Å². The number of amides is 2. The molecule has 4 rings (SSSR count). The molecule has 0 spiro atoms. The van der Waals surface area contributed by atoms with Gasteiger partial charge in [-0.05, 0) is 37.1 Å². The van der Waals surface area contributed by atoms with Gasteiger partial charge in [0.05, 0.1) is 23.8 Å². The van der Waals surface area contributed by atoms with E-state index in [2.05, 4.69) is 34.4 Å². The molecule has 0 aliphatic heterocycles. The second kappa shape index (κ2) is 31.3. The fourth-order valence-corrected chi connectivity index (χ4v) is 6.99. The third-order valence-corrected chi connectivity index (χ3v) is 10.6. The third kappa shape index (κ3) is 20.8. The van der Waals surface area contributed by atoms with Crippen LogP contribution in [-0.2, 0) is 9.59 Å². The molecule has 0 bridgehead atoms. The Balaban J connectivity index is 1.50. The van der Waals surface area contributed by atoms with Crippen LogP contribution in [0.1, 0.15) is 154 Å². The van der Waals surface area contributed by atoms with Gasteiger partial charge in [0.15, 0.2) is 17.5 Å². The molecular formula is C50H72N10O2. The van der Waals surface area contributed by atoms with Gasteiger partial charge in [0, 0.05) is 37.1 Å². The Morgan fingerprint density at radius 2 is 0.903 bits per heavy atom. The third-order valence-electron chi connectivity index (χ3n) is 10.6. The summed E-state index contributed by atoms with van der Waals surface area (Å²) in [6, 6.07) is 22.4. The van der Waals surface area contributed by atoms with Crippen LogP contribution < -0.4 is 20.7 Å². The van der Waals surface area contributed by atoms with E-state index in [1.807, 2.05) is 66.7 Å². The quantitative estimate of drug-likeness (QED) is 0.0274. The van der Waals surface area contributed by atoms with E-state index in [1.165, 1.54) is 103 Å². The molecule has 0 aliphatic rings. The first kappa shape index (κ1) is 49.1. The highest BCUT2D eigenvalue weighted by molar-refractivity contribution is 5.85. The van der Waals surface area contributed by atoms with Crippen LogP contribution in [0, 0.1) is 0 Å². The van der Waals surface area contributed by atoms with Gasteiger partial charge < -0.3 is 10.6 Å². The second-order valence-electron chi connectivity index (χ2n) is 16.0. The largest absolute Gasteiger partial charge is 0.354 e. The maximum Gasteiger partial charge on any atom is 0.241 e. The van der Waals surface area contributed by atoms with Crippen molar-refractivity contribution in [2.24, 2.45) is 10.2 Å². The Labute approximate surface area is 371 Å². The van der Waals surface area contributed by atoms with Crippen molar-refractivity contribution < 1.29 is 9.59 Å². The van der Waals surface area contributed by atoms with Gasteiger partial charge in [-0.2, -0.15) is 10.2 Å². The van der Waals surface area contributed by atoms with Crippen LogP contribution in [0.2, 0.25) is 0 Å². The predicted octanol–water partition coefficient (Wildman–Crippen LogP) is 10.7. The molecule has 12 heteroatoms. The average molecular weight is 845 g/mol. The van der Waals surface area contributed by atoms with Crippen molar-refractivity contribution in [1.82, 2.24) is 30.6 Å². The van der Waals surface area contributed by atoms with Crippen LogP contribution in [0.15, 0.2) is 95.4 Å². The lowest BCUT2D eigenvalue weighted by Gasteiger charge is -2.22. The zero-order valence-corrected chi connectivity index (χ0v) is 37.6. The van der Waals surface area contributed by atoms with Crippen molar-refractivity contribution in [1.29, 1.82) is 0 Å². The normalized spacial score (nSPS) is 11.3. The average Bonchev–Trinajstić information content (AvgIpc) is 3.31. The molecule has 2 amide bonds. The molecule has 0 fully saturated rings. The summed E-state index contributed by atoms with van der Waals surface area (Å²) in [6.45, 7) is 5.48. The lowest BCUT2D eigenvalue weighted by atomic mass is 10.1. The van der Waals surface area contributed by atoms with E-state index in [4.69, 9.17) is 20.2 Å². The van der Waals surface area contributed by atoms with Gasteiger partial charge in [-0.1, -0.05) is 172 Å². The Kier molecular flexibility index (Phi) is 24.8. The molecule has 0 atom stereocenters. The van der Waals surface area contributed by atoms with E-state index in [1.54, 1.807) is 40.9 Å². The first-order valence-electron chi connectivity index (χ1n) is 23.5. The first-order chi connectivity index (χ1) is 30.6. The van der Waals surface area contributed by atoms with E-state index < -0.39 is 0 Å². The standard InChI is InChI=1S/C50H72N10O2/c1-3-5-7-9-11-13-15-17-19-26-36-53-48(61)41-59(55-39-44-32-24-28-34-51-44)46-38-47(58-50(57-46)43-30-22-21-23-31-43)60(56-40-45-33-25-29-35-52-45)42-49(62)54-37-27-20-18-16-14-12-10-8-6-4-2/h21-25,28-35,38-40H,3-20,26-27,36-37,41-42H2,1-2H3,(H,53,61)(H,54,62)/b55-39+,56-40+. The number of rotatable bonds is 33. The lowest BCUT2D eigenvalue weighted by Crippen LogP contribution is -2.37. The van der Waals surface area contributed by atoms with Crippen LogP contribution in [-0.4, -0.2) is 70.4 Å². The van der Waals surface area contributed by atoms with E-state index in [0.29, 0.717) is 41.9 Å². The molecule has 12 nitrogen and oxygen atoms in total. The number of nitrogens with one attached hydrogen (secondary N) is 2. The van der Waals surface area contributed by atoms with Crippen LogP contribution in [0.3, 0.4) is 0 Å². The Hall–Kier alpha value is -5.52. The van der Waals surface area contributed by atoms with E-state index >= 15 is 0 Å². The number of aromatic nitrogens is 4. The number of hydrogen-bond acceptors (Lipinski definition) is 10. The maximum absolute atomic E-state index is 13.5. The molecule has 4 aromatic rings. The van der Waals surface area contributed by atoms with Gasteiger partial charge in [0.2, 0.25) is 11.8 Å². The van der Waals surface area contributed by atoms with Gasteiger partial charge in [0.1, 0.15) is 13.1 Å². The van der Waals surface area contributed by atoms with Gasteiger partial charge in [0.25, 0.3) is 0 Å². The molecule has 3 aromatic heterocycles. The zero-order chi connectivity index (χ0) is 43.7. The van der Waals surface area contributed by atoms with Crippen molar-refractivity contribution in [2.75, 3.05) is 36.2 Å². The zero-order valence-electron chi connectivity index (χ0n) is 37.6. The first-order valence-corrected chi connectivity index (χ1v) is 23.5. The Bertz CT molecular complexity index is 1730. The number of anilines is 2. The topological polar surface area (TPSA) is 141 Å². The SMILES string of the molecule is CCCCCCCCCCCCNC(=O)CN(/N=C/c1ccccn1)c1cc(N(CC(=O)NCCCCCCCCCCCC)/N=C/c2ccccn2)nc(-c2ccccc2)n1. The fourth-order valence-electron chi connectivity index (χ4n) is 6.99. The highest BCUT2D eigenvalue weighted by atomic mass is 16.2. The molecule has 1 aromatic carbocycles. The van der Waals surface area contributed by atoms with Crippen molar-refractivity contribution in [3.8, 4) is 11.4 Å². The summed E-state index contributed by atoms with van der Waals surface area (Å²) < 4.78 is 0. The van der Waals surface area contributed by atoms with Crippen LogP contribution in [0.5, 0.6) is 0 Å². The van der Waals surface area contributed by atoms with Crippen molar-refractivity contribution in [3.05, 3.63) is 96.6 Å². The fraction of sp³-hybridized carbons (Fsp3) is 0.520. The molecule has 0 saturated carbocycles. The molecule has 2 N–H and O–H groups in total. The number of unbranched alkanes of at least 4 members (excludes halogenated alkanes) is 18. The summed E-state index contributed by atoms with van der Waals surface area (Å²) in [4.78, 5) is 45.8. The highest BCUT2D eigenvalue weighted by Crippen LogP contribution is 2.25. The lowest BCUT2D eigenvalue weighted by molar-refractivity contribution is -0.120. The monoisotopic (exact) mass is 845 g/mol. The molecule has 0 unspecified atom stereocenters. The molecule has 3 heterocycles. The maximum atomic E-state index is 13.5. The summed E-state index contributed by atoms with van der Waals surface area (Å²) in [5, 5.41) is 18.8. The summed E-state index contributed by atoms with van der Waals surface area (Å²) in [6.07, 6.45) is 31.1. The smallest absolute Gasteiger partial charge is 0.241 e. The van der Waals surface area contributed by atoms with Crippen molar-refractivity contribution in [2.45, 2.75) is 142 Å². The Morgan fingerprint density at radius 3 is 1.29 bits per heavy atom. The number of nitrogens with zero attached hydrogens (tertiary/aromatic N) is 8. The van der Waals surface area contributed by atoms with Gasteiger partial charge in [-0.3, -0.25) is 19.6 Å². The molecule has 0 aliphatic carbocycles. The summed E-state index contributed by atoms with van der Waals surface area (Å²) in [5.74, 6) is 0.748. The van der Waals surface area contributed by atoms with Gasteiger partial charge in [-0.15, -0.1) is 0 Å². The number of pyridine rings is 2. The number of hydrazone groups is 2. The van der Waals surface area contributed by atoms with Crippen molar-refractivity contribution >= 4 is 35.9 Å². The van der Waals surface area contributed by atoms with Crippen LogP contribution in [0.25, 0.3) is 11.4 Å². The van der Waals surface area contributed by atoms with Crippen LogP contribution >= 0.6 is 0 Å². The number of carbonyl (C=O) groups is 2. The van der Waals surface area contributed by atoms with E-state index in [-0.39, 0.29) is 24.9 Å². The summed E-state index contributed by atoms with van der Waals surface area (Å²) >= 11 is 0. The predicted molar refractivity (Wildman–Crippen MR) is 256 cm³/mol. The minimum absolute atomic E-state index is 0.0949. The number of benzene rings is 1. The van der Waals surface area contributed by atoms with E-state index in [9.17, 15) is 9.59 Å². The molecule has 334 valence electrons. The molecule has 62 heavy (non-hydrogen) atoms. The molecule has 0 radical (unpaired) electrons.